The summed E-state index contributed by atoms with van der Waals surface area (Å²) in [6.45, 7) is 1.45. The molecule has 1 amide bonds. The molecule has 0 bridgehead atoms. The second-order valence-electron chi connectivity index (χ2n) is 6.04. The summed E-state index contributed by atoms with van der Waals surface area (Å²) in [4.78, 5) is 16.2. The number of nitrogens with zero attached hydrogens (tertiary/aromatic N) is 3. The van der Waals surface area contributed by atoms with E-state index in [1.165, 1.54) is 30.4 Å². The SMILES string of the molecule is CC(=O)Nc1cc(-c2ccc(Br)cc2)nn1-c1nc(-c2ccc(F)cc2)cs1. The predicted molar refractivity (Wildman–Crippen MR) is 112 cm³/mol. The van der Waals surface area contributed by atoms with Crippen LogP contribution in [-0.4, -0.2) is 20.7 Å². The summed E-state index contributed by atoms with van der Waals surface area (Å²) in [6.07, 6.45) is 0. The van der Waals surface area contributed by atoms with Gasteiger partial charge in [-0.05, 0) is 36.4 Å². The lowest BCUT2D eigenvalue weighted by molar-refractivity contribution is -0.114. The molecule has 2 aromatic heterocycles. The van der Waals surface area contributed by atoms with Crippen LogP contribution in [-0.2, 0) is 4.79 Å². The van der Waals surface area contributed by atoms with Crippen LogP contribution in [0, 0.1) is 5.82 Å². The Hall–Kier alpha value is -2.84. The van der Waals surface area contributed by atoms with E-state index in [1.54, 1.807) is 16.8 Å². The number of hydrogen-bond acceptors (Lipinski definition) is 4. The molecule has 0 atom stereocenters. The van der Waals surface area contributed by atoms with Crippen LogP contribution in [0.25, 0.3) is 27.6 Å². The van der Waals surface area contributed by atoms with Gasteiger partial charge in [0, 0.05) is 34.0 Å². The maximum absolute atomic E-state index is 13.2. The molecule has 28 heavy (non-hydrogen) atoms. The molecule has 0 aliphatic heterocycles. The van der Waals surface area contributed by atoms with Crippen LogP contribution in [0.2, 0.25) is 0 Å². The molecule has 2 aromatic carbocycles. The molecule has 0 unspecified atom stereocenters. The molecule has 0 aliphatic carbocycles. The summed E-state index contributed by atoms with van der Waals surface area (Å²) in [5.41, 5.74) is 3.17. The minimum atomic E-state index is -0.293. The first-order valence-electron chi connectivity index (χ1n) is 8.35. The normalized spacial score (nSPS) is 10.8. The highest BCUT2D eigenvalue weighted by Gasteiger charge is 2.15. The fraction of sp³-hybridized carbons (Fsp3) is 0.0500. The second-order valence-corrected chi connectivity index (χ2v) is 7.79. The van der Waals surface area contributed by atoms with Crippen molar-refractivity contribution in [2.75, 3.05) is 5.32 Å². The van der Waals surface area contributed by atoms with Gasteiger partial charge in [0.15, 0.2) is 0 Å². The van der Waals surface area contributed by atoms with Crippen molar-refractivity contribution >= 4 is 39.0 Å². The van der Waals surface area contributed by atoms with Crippen LogP contribution < -0.4 is 5.32 Å². The van der Waals surface area contributed by atoms with E-state index in [-0.39, 0.29) is 11.7 Å². The number of aromatic nitrogens is 3. The van der Waals surface area contributed by atoms with Gasteiger partial charge in [-0.25, -0.2) is 9.37 Å². The van der Waals surface area contributed by atoms with Crippen LogP contribution in [0.4, 0.5) is 10.2 Å². The van der Waals surface area contributed by atoms with Gasteiger partial charge in [-0.3, -0.25) is 4.79 Å². The summed E-state index contributed by atoms with van der Waals surface area (Å²) >= 11 is 4.81. The van der Waals surface area contributed by atoms with Gasteiger partial charge in [-0.15, -0.1) is 11.3 Å². The van der Waals surface area contributed by atoms with Gasteiger partial charge in [0.1, 0.15) is 11.6 Å². The third-order valence-electron chi connectivity index (χ3n) is 3.97. The number of rotatable bonds is 4. The number of carbonyl (C=O) groups is 1. The van der Waals surface area contributed by atoms with Crippen molar-refractivity contribution in [2.24, 2.45) is 0 Å². The maximum atomic E-state index is 13.2. The molecule has 8 heteroatoms. The largest absolute Gasteiger partial charge is 0.311 e. The number of amides is 1. The van der Waals surface area contributed by atoms with Crippen LogP contribution in [0.3, 0.4) is 0 Å². The number of benzene rings is 2. The molecule has 4 aromatic rings. The maximum Gasteiger partial charge on any atom is 0.222 e. The van der Waals surface area contributed by atoms with E-state index in [9.17, 15) is 9.18 Å². The fourth-order valence-corrected chi connectivity index (χ4v) is 3.73. The van der Waals surface area contributed by atoms with Gasteiger partial charge >= 0.3 is 0 Å². The molecule has 0 spiro atoms. The Morgan fingerprint density at radius 1 is 1.07 bits per heavy atom. The number of hydrogen-bond donors (Lipinski definition) is 1. The van der Waals surface area contributed by atoms with Crippen LogP contribution in [0.5, 0.6) is 0 Å². The lowest BCUT2D eigenvalue weighted by Gasteiger charge is -2.03. The molecule has 2 heterocycles. The quantitative estimate of drug-likeness (QED) is 0.439. The standard InChI is InChI=1S/C20H14BrFN4OS/c1-12(27)23-19-10-17(13-2-6-15(21)7-3-13)25-26(19)20-24-18(11-28-20)14-4-8-16(22)9-5-14/h2-11H,1H3,(H,23,27). The molecular formula is C20H14BrFN4OS. The van der Waals surface area contributed by atoms with Gasteiger partial charge in [-0.2, -0.15) is 9.78 Å². The zero-order valence-corrected chi connectivity index (χ0v) is 17.1. The highest BCUT2D eigenvalue weighted by Crippen LogP contribution is 2.29. The Morgan fingerprint density at radius 2 is 1.71 bits per heavy atom. The first kappa shape index (κ1) is 18.5. The zero-order valence-electron chi connectivity index (χ0n) is 14.7. The van der Waals surface area contributed by atoms with Crippen molar-refractivity contribution in [1.29, 1.82) is 0 Å². The minimum absolute atomic E-state index is 0.196. The smallest absolute Gasteiger partial charge is 0.222 e. The van der Waals surface area contributed by atoms with Crippen molar-refractivity contribution in [3.05, 3.63) is 70.3 Å². The highest BCUT2D eigenvalue weighted by molar-refractivity contribution is 9.10. The molecule has 0 fully saturated rings. The number of thiazole rings is 1. The number of anilines is 1. The number of nitrogens with one attached hydrogen (secondary N) is 1. The molecule has 0 saturated heterocycles. The Bertz CT molecular complexity index is 1140. The molecule has 4 rings (SSSR count). The summed E-state index contributed by atoms with van der Waals surface area (Å²) in [6, 6.07) is 15.7. The van der Waals surface area contributed by atoms with Gasteiger partial charge in [0.25, 0.3) is 0 Å². The van der Waals surface area contributed by atoms with Crippen molar-refractivity contribution in [2.45, 2.75) is 6.92 Å². The molecule has 0 radical (unpaired) electrons. The topological polar surface area (TPSA) is 59.8 Å². The van der Waals surface area contributed by atoms with Crippen LogP contribution in [0.15, 0.2) is 64.5 Å². The van der Waals surface area contributed by atoms with E-state index in [0.29, 0.717) is 10.9 Å². The molecular weight excluding hydrogens is 443 g/mol. The Morgan fingerprint density at radius 3 is 2.39 bits per heavy atom. The van der Waals surface area contributed by atoms with E-state index in [1.807, 2.05) is 35.7 Å². The van der Waals surface area contributed by atoms with Crippen molar-refractivity contribution in [3.63, 3.8) is 0 Å². The molecule has 0 aliphatic rings. The highest BCUT2D eigenvalue weighted by atomic mass is 79.9. The molecule has 1 N–H and O–H groups in total. The average Bonchev–Trinajstić information content (AvgIpc) is 3.30. The first-order chi connectivity index (χ1) is 13.5. The Kier molecular flexibility index (Phi) is 5.06. The van der Waals surface area contributed by atoms with Crippen molar-refractivity contribution in [3.8, 4) is 27.6 Å². The second kappa shape index (κ2) is 7.65. The van der Waals surface area contributed by atoms with Crippen LogP contribution >= 0.6 is 27.3 Å². The van der Waals surface area contributed by atoms with E-state index in [0.717, 1.165) is 27.0 Å². The Labute approximate surface area is 173 Å². The molecule has 0 saturated carbocycles. The van der Waals surface area contributed by atoms with Gasteiger partial charge in [-0.1, -0.05) is 28.1 Å². The minimum Gasteiger partial charge on any atom is -0.311 e. The molecule has 140 valence electrons. The summed E-state index contributed by atoms with van der Waals surface area (Å²) in [7, 11) is 0. The lowest BCUT2D eigenvalue weighted by Crippen LogP contribution is -2.10. The fourth-order valence-electron chi connectivity index (χ4n) is 2.67. The third kappa shape index (κ3) is 3.88. The molecule has 5 nitrogen and oxygen atoms in total. The summed E-state index contributed by atoms with van der Waals surface area (Å²) in [5, 5.41) is 9.91. The van der Waals surface area contributed by atoms with Crippen molar-refractivity contribution < 1.29 is 9.18 Å². The van der Waals surface area contributed by atoms with E-state index in [2.05, 4.69) is 31.3 Å². The third-order valence-corrected chi connectivity index (χ3v) is 5.31. The van der Waals surface area contributed by atoms with E-state index >= 15 is 0 Å². The van der Waals surface area contributed by atoms with E-state index in [4.69, 9.17) is 0 Å². The number of carbonyl (C=O) groups excluding carboxylic acids is 1. The van der Waals surface area contributed by atoms with Crippen LogP contribution in [0.1, 0.15) is 6.92 Å². The van der Waals surface area contributed by atoms with Gasteiger partial charge in [0.05, 0.1) is 11.4 Å². The lowest BCUT2D eigenvalue weighted by atomic mass is 10.1. The number of halogens is 2. The van der Waals surface area contributed by atoms with Gasteiger partial charge < -0.3 is 5.32 Å². The average molecular weight is 457 g/mol. The predicted octanol–water partition coefficient (Wildman–Crippen LogP) is 5.52. The zero-order chi connectivity index (χ0) is 19.7. The summed E-state index contributed by atoms with van der Waals surface area (Å²) < 4.78 is 15.7. The van der Waals surface area contributed by atoms with Crippen molar-refractivity contribution in [1.82, 2.24) is 14.8 Å². The summed E-state index contributed by atoms with van der Waals surface area (Å²) in [5.74, 6) is 0.0441. The first-order valence-corrected chi connectivity index (χ1v) is 10.0. The van der Waals surface area contributed by atoms with E-state index < -0.39 is 0 Å². The van der Waals surface area contributed by atoms with Gasteiger partial charge in [0.2, 0.25) is 11.0 Å². The Balaban J connectivity index is 1.74. The monoisotopic (exact) mass is 456 g/mol.